The monoisotopic (exact) mass is 262 g/mol. The van der Waals surface area contributed by atoms with Gasteiger partial charge in [0, 0.05) is 32.3 Å². The van der Waals surface area contributed by atoms with Crippen LogP contribution >= 0.6 is 15.9 Å². The third-order valence-electron chi connectivity index (χ3n) is 2.99. The number of benzene rings is 1. The molecule has 1 heterocycles. The highest BCUT2D eigenvalue weighted by molar-refractivity contribution is 9.10. The Hall–Kier alpha value is -1.09. The summed E-state index contributed by atoms with van der Waals surface area (Å²) in [4.78, 5) is 3.42. The minimum absolute atomic E-state index is 0.782. The maximum atomic E-state index is 7.99. The first-order chi connectivity index (χ1) is 7.25. The van der Waals surface area contributed by atoms with Gasteiger partial charge in [0.15, 0.2) is 0 Å². The Balaban J connectivity index is 2.36. The van der Waals surface area contributed by atoms with E-state index in [1.165, 1.54) is 11.1 Å². The molecule has 1 aromatic carbocycles. The molecule has 3 rings (SSSR count). The Morgan fingerprint density at radius 1 is 1.27 bits per heavy atom. The largest absolute Gasteiger partial charge is 0.358 e. The second kappa shape index (κ2) is 3.20. The predicted molar refractivity (Wildman–Crippen MR) is 65.8 cm³/mol. The standard InChI is InChI=1S/C12H11BrN2/c13-7-4-5-8-11(6-7)15-10-3-1-2-9(14)12(8)10/h4-6,14-15H,1-3H2. The smallest absolute Gasteiger partial charge is 0.0474 e. The molecular weight excluding hydrogens is 252 g/mol. The molecule has 0 atom stereocenters. The summed E-state index contributed by atoms with van der Waals surface area (Å²) in [6.45, 7) is 0. The van der Waals surface area contributed by atoms with Crippen LogP contribution in [0.1, 0.15) is 24.1 Å². The van der Waals surface area contributed by atoms with Gasteiger partial charge in [-0.2, -0.15) is 0 Å². The maximum absolute atomic E-state index is 7.99. The van der Waals surface area contributed by atoms with Crippen molar-refractivity contribution < 1.29 is 0 Å². The summed E-state index contributed by atoms with van der Waals surface area (Å²) < 4.78 is 1.08. The van der Waals surface area contributed by atoms with Gasteiger partial charge in [-0.1, -0.05) is 22.0 Å². The molecule has 0 unspecified atom stereocenters. The third kappa shape index (κ3) is 1.34. The van der Waals surface area contributed by atoms with Crippen LogP contribution in [-0.2, 0) is 6.42 Å². The van der Waals surface area contributed by atoms with E-state index in [0.29, 0.717) is 0 Å². The van der Waals surface area contributed by atoms with Gasteiger partial charge < -0.3 is 10.4 Å². The van der Waals surface area contributed by atoms with Crippen LogP contribution in [0.3, 0.4) is 0 Å². The highest BCUT2D eigenvalue weighted by Gasteiger charge is 2.19. The van der Waals surface area contributed by atoms with Crippen molar-refractivity contribution in [3.8, 4) is 0 Å². The van der Waals surface area contributed by atoms with Gasteiger partial charge >= 0.3 is 0 Å². The van der Waals surface area contributed by atoms with E-state index in [4.69, 9.17) is 5.41 Å². The lowest BCUT2D eigenvalue weighted by atomic mass is 9.94. The van der Waals surface area contributed by atoms with Gasteiger partial charge in [-0.15, -0.1) is 0 Å². The fourth-order valence-electron chi connectivity index (χ4n) is 2.32. The molecule has 3 heteroatoms. The van der Waals surface area contributed by atoms with Crippen molar-refractivity contribution in [3.05, 3.63) is 33.9 Å². The predicted octanol–water partition coefficient (Wildman–Crippen LogP) is 3.63. The van der Waals surface area contributed by atoms with E-state index in [9.17, 15) is 0 Å². The van der Waals surface area contributed by atoms with Crippen LogP contribution < -0.4 is 0 Å². The van der Waals surface area contributed by atoms with Crippen LogP contribution in [0.2, 0.25) is 0 Å². The van der Waals surface area contributed by atoms with Crippen LogP contribution in [0.15, 0.2) is 22.7 Å². The van der Waals surface area contributed by atoms with E-state index in [1.54, 1.807) is 0 Å². The van der Waals surface area contributed by atoms with E-state index < -0.39 is 0 Å². The van der Waals surface area contributed by atoms with Gasteiger partial charge in [0.1, 0.15) is 0 Å². The Morgan fingerprint density at radius 2 is 2.13 bits per heavy atom. The molecule has 2 nitrogen and oxygen atoms in total. The molecule has 1 aliphatic rings. The fourth-order valence-corrected chi connectivity index (χ4v) is 2.69. The summed E-state index contributed by atoms with van der Waals surface area (Å²) in [6.07, 6.45) is 3.08. The van der Waals surface area contributed by atoms with Crippen molar-refractivity contribution >= 4 is 32.5 Å². The first-order valence-corrected chi connectivity index (χ1v) is 5.93. The average Bonchev–Trinajstić information content (AvgIpc) is 2.56. The minimum atomic E-state index is 0.782. The normalized spacial score (nSPS) is 15.7. The van der Waals surface area contributed by atoms with Crippen molar-refractivity contribution in [1.29, 1.82) is 5.41 Å². The van der Waals surface area contributed by atoms with Crippen LogP contribution in [0, 0.1) is 5.41 Å². The molecule has 0 amide bonds. The lowest BCUT2D eigenvalue weighted by molar-refractivity contribution is 0.818. The zero-order valence-corrected chi connectivity index (χ0v) is 9.82. The summed E-state index contributed by atoms with van der Waals surface area (Å²) in [5, 5.41) is 9.18. The zero-order valence-electron chi connectivity index (χ0n) is 8.23. The van der Waals surface area contributed by atoms with Crippen LogP contribution in [0.25, 0.3) is 10.9 Å². The number of hydrogen-bond donors (Lipinski definition) is 2. The number of hydrogen-bond acceptors (Lipinski definition) is 1. The molecule has 1 aromatic heterocycles. The summed E-state index contributed by atoms with van der Waals surface area (Å²) in [5.74, 6) is 0. The van der Waals surface area contributed by atoms with Crippen LogP contribution in [-0.4, -0.2) is 10.7 Å². The first-order valence-electron chi connectivity index (χ1n) is 5.13. The molecule has 2 N–H and O–H groups in total. The van der Waals surface area contributed by atoms with Crippen molar-refractivity contribution in [3.63, 3.8) is 0 Å². The number of H-pyrrole nitrogens is 1. The van der Waals surface area contributed by atoms with Gasteiger partial charge in [-0.3, -0.25) is 0 Å². The van der Waals surface area contributed by atoms with E-state index >= 15 is 0 Å². The fraction of sp³-hybridized carbons (Fsp3) is 0.250. The lowest BCUT2D eigenvalue weighted by Gasteiger charge is -2.11. The number of fused-ring (bicyclic) bond motifs is 3. The minimum Gasteiger partial charge on any atom is -0.358 e. The van der Waals surface area contributed by atoms with Gasteiger partial charge in [-0.25, -0.2) is 0 Å². The Bertz CT molecular complexity index is 554. The van der Waals surface area contributed by atoms with E-state index in [0.717, 1.165) is 40.5 Å². The summed E-state index contributed by atoms with van der Waals surface area (Å²) in [5.41, 5.74) is 4.30. The summed E-state index contributed by atoms with van der Waals surface area (Å²) >= 11 is 3.47. The summed E-state index contributed by atoms with van der Waals surface area (Å²) in [6, 6.07) is 6.22. The number of aromatic amines is 1. The van der Waals surface area contributed by atoms with Crippen molar-refractivity contribution in [2.75, 3.05) is 0 Å². The topological polar surface area (TPSA) is 39.6 Å². The second-order valence-electron chi connectivity index (χ2n) is 4.00. The van der Waals surface area contributed by atoms with Gasteiger partial charge in [0.05, 0.1) is 0 Å². The molecular formula is C12H11BrN2. The molecule has 0 bridgehead atoms. The third-order valence-corrected chi connectivity index (χ3v) is 3.49. The Labute approximate surface area is 96.3 Å². The van der Waals surface area contributed by atoms with Crippen molar-refractivity contribution in [2.24, 2.45) is 0 Å². The van der Waals surface area contributed by atoms with E-state index in [-0.39, 0.29) is 0 Å². The molecule has 0 aliphatic heterocycles. The Kier molecular flexibility index (Phi) is 1.96. The lowest BCUT2D eigenvalue weighted by Crippen LogP contribution is -2.09. The van der Waals surface area contributed by atoms with Gasteiger partial charge in [0.2, 0.25) is 0 Å². The van der Waals surface area contributed by atoms with Gasteiger partial charge in [-0.05, 0) is 31.4 Å². The Morgan fingerprint density at radius 3 is 3.00 bits per heavy atom. The highest BCUT2D eigenvalue weighted by Crippen LogP contribution is 2.30. The number of halogens is 1. The molecule has 15 heavy (non-hydrogen) atoms. The SMILES string of the molecule is N=C1CCCc2[nH]c3cc(Br)ccc3c21. The number of rotatable bonds is 0. The molecule has 0 radical (unpaired) electrons. The molecule has 1 aliphatic carbocycles. The highest BCUT2D eigenvalue weighted by atomic mass is 79.9. The number of aryl methyl sites for hydroxylation is 1. The molecule has 0 spiro atoms. The summed E-state index contributed by atoms with van der Waals surface area (Å²) in [7, 11) is 0. The first kappa shape index (κ1) is 9.16. The number of aromatic nitrogens is 1. The molecule has 0 saturated carbocycles. The van der Waals surface area contributed by atoms with Crippen LogP contribution in [0.5, 0.6) is 0 Å². The zero-order chi connectivity index (χ0) is 10.4. The molecule has 2 aromatic rings. The average molecular weight is 263 g/mol. The van der Waals surface area contributed by atoms with Crippen molar-refractivity contribution in [1.82, 2.24) is 4.98 Å². The van der Waals surface area contributed by atoms with Crippen molar-refractivity contribution in [2.45, 2.75) is 19.3 Å². The quantitative estimate of drug-likeness (QED) is 0.728. The van der Waals surface area contributed by atoms with E-state index in [1.807, 2.05) is 6.07 Å². The van der Waals surface area contributed by atoms with E-state index in [2.05, 4.69) is 33.0 Å². The maximum Gasteiger partial charge on any atom is 0.0474 e. The molecule has 0 saturated heterocycles. The van der Waals surface area contributed by atoms with Gasteiger partial charge in [0.25, 0.3) is 0 Å². The molecule has 76 valence electrons. The van der Waals surface area contributed by atoms with Crippen LogP contribution in [0.4, 0.5) is 0 Å². The second-order valence-corrected chi connectivity index (χ2v) is 4.92. The number of nitrogens with one attached hydrogen (secondary N) is 2. The molecule has 0 fully saturated rings.